The summed E-state index contributed by atoms with van der Waals surface area (Å²) in [5, 5.41) is -0.420. The number of hydrogen-bond acceptors (Lipinski definition) is 2. The van der Waals surface area contributed by atoms with Crippen LogP contribution in [0.3, 0.4) is 0 Å². The summed E-state index contributed by atoms with van der Waals surface area (Å²) in [6.45, 7) is 3.50. The molecular formula is C11H13BrO2S. The Morgan fingerprint density at radius 1 is 1.40 bits per heavy atom. The average Bonchev–Trinajstić information content (AvgIpc) is 2.27. The van der Waals surface area contributed by atoms with Crippen LogP contribution in [0.25, 0.3) is 0 Å². The lowest BCUT2D eigenvalue weighted by molar-refractivity contribution is -0.118. The monoisotopic (exact) mass is 288 g/mol. The number of halogens is 1. The van der Waals surface area contributed by atoms with Gasteiger partial charge in [-0.2, -0.15) is 0 Å². The Balaban J connectivity index is 2.85. The third-order valence-electron chi connectivity index (χ3n) is 2.17. The highest BCUT2D eigenvalue weighted by Gasteiger charge is 2.19. The second-order valence-corrected chi connectivity index (χ2v) is 5.90. The lowest BCUT2D eigenvalue weighted by Crippen LogP contribution is -2.21. The van der Waals surface area contributed by atoms with E-state index in [1.165, 1.54) is 0 Å². The van der Waals surface area contributed by atoms with Crippen LogP contribution in [0.15, 0.2) is 33.6 Å². The van der Waals surface area contributed by atoms with Gasteiger partial charge in [-0.25, -0.2) is 0 Å². The summed E-state index contributed by atoms with van der Waals surface area (Å²) in [6.07, 6.45) is 0.434. The van der Waals surface area contributed by atoms with Gasteiger partial charge in [0.2, 0.25) is 0 Å². The van der Waals surface area contributed by atoms with Gasteiger partial charge in [-0.3, -0.25) is 9.00 Å². The third-order valence-corrected chi connectivity index (χ3v) is 4.34. The van der Waals surface area contributed by atoms with Crippen LogP contribution < -0.4 is 0 Å². The van der Waals surface area contributed by atoms with Gasteiger partial charge in [0, 0.05) is 15.8 Å². The summed E-state index contributed by atoms with van der Waals surface area (Å²) in [5.74, 6) is 0.0382. The van der Waals surface area contributed by atoms with Crippen molar-refractivity contribution < 1.29 is 9.00 Å². The molecule has 0 aliphatic rings. The number of hydrogen-bond donors (Lipinski definition) is 0. The largest absolute Gasteiger partial charge is 0.298 e. The van der Waals surface area contributed by atoms with Crippen LogP contribution in [-0.4, -0.2) is 15.2 Å². The van der Waals surface area contributed by atoms with E-state index in [0.717, 1.165) is 4.47 Å². The zero-order valence-electron chi connectivity index (χ0n) is 8.70. The minimum absolute atomic E-state index is 0.0382. The molecule has 4 heteroatoms. The van der Waals surface area contributed by atoms with Gasteiger partial charge in [0.15, 0.2) is 0 Å². The number of carbonyl (C=O) groups is 1. The molecule has 0 saturated carbocycles. The molecule has 0 spiro atoms. The normalized spacial score (nSPS) is 14.6. The van der Waals surface area contributed by atoms with Crippen molar-refractivity contribution in [3.63, 3.8) is 0 Å². The van der Waals surface area contributed by atoms with Crippen LogP contribution in [0.4, 0.5) is 0 Å². The van der Waals surface area contributed by atoms with Crippen LogP contribution in [-0.2, 0) is 15.6 Å². The number of carbonyl (C=O) groups excluding carboxylic acids is 1. The molecule has 0 aliphatic carbocycles. The Morgan fingerprint density at radius 2 is 1.93 bits per heavy atom. The lowest BCUT2D eigenvalue weighted by Gasteiger charge is -2.08. The number of Topliss-reactive ketones (excluding diaryl/α,β-unsaturated/α-hetero) is 1. The molecule has 82 valence electrons. The van der Waals surface area contributed by atoms with Crippen LogP contribution >= 0.6 is 15.9 Å². The summed E-state index contributed by atoms with van der Waals surface area (Å²) >= 11 is 3.31. The molecule has 0 heterocycles. The maximum atomic E-state index is 11.9. The van der Waals surface area contributed by atoms with Crippen molar-refractivity contribution in [1.82, 2.24) is 0 Å². The molecule has 0 aliphatic heterocycles. The van der Waals surface area contributed by atoms with E-state index in [-0.39, 0.29) is 5.78 Å². The zero-order valence-corrected chi connectivity index (χ0v) is 11.1. The van der Waals surface area contributed by atoms with E-state index in [1.807, 2.05) is 12.1 Å². The fourth-order valence-electron chi connectivity index (χ4n) is 1.18. The van der Waals surface area contributed by atoms with Gasteiger partial charge in [0.05, 0.1) is 16.0 Å². The van der Waals surface area contributed by atoms with Gasteiger partial charge in [0.1, 0.15) is 5.78 Å². The predicted molar refractivity (Wildman–Crippen MR) is 65.3 cm³/mol. The molecule has 0 bridgehead atoms. The molecule has 2 atom stereocenters. The first-order valence-corrected chi connectivity index (χ1v) is 6.75. The van der Waals surface area contributed by atoms with E-state index in [2.05, 4.69) is 15.9 Å². The van der Waals surface area contributed by atoms with Gasteiger partial charge in [0.25, 0.3) is 0 Å². The van der Waals surface area contributed by atoms with Crippen LogP contribution in [0.2, 0.25) is 0 Å². The Hall–Kier alpha value is -0.480. The Morgan fingerprint density at radius 3 is 2.40 bits per heavy atom. The minimum atomic E-state index is -1.24. The average molecular weight is 289 g/mol. The molecule has 2 unspecified atom stereocenters. The first kappa shape index (κ1) is 12.6. The number of benzene rings is 1. The Kier molecular flexibility index (Phi) is 4.67. The molecule has 0 saturated heterocycles. The van der Waals surface area contributed by atoms with E-state index in [0.29, 0.717) is 11.3 Å². The van der Waals surface area contributed by atoms with E-state index in [9.17, 15) is 9.00 Å². The van der Waals surface area contributed by atoms with Gasteiger partial charge in [-0.15, -0.1) is 0 Å². The molecule has 15 heavy (non-hydrogen) atoms. The first-order valence-electron chi connectivity index (χ1n) is 4.75. The Labute approximate surface area is 101 Å². The second kappa shape index (κ2) is 5.56. The topological polar surface area (TPSA) is 34.1 Å². The smallest absolute Gasteiger partial charge is 0.148 e. The molecule has 1 rings (SSSR count). The zero-order chi connectivity index (χ0) is 11.4. The second-order valence-electron chi connectivity index (χ2n) is 3.21. The lowest BCUT2D eigenvalue weighted by atomic mass is 10.2. The molecule has 0 amide bonds. The van der Waals surface area contributed by atoms with Crippen molar-refractivity contribution in [3.05, 3.63) is 28.7 Å². The van der Waals surface area contributed by atoms with Crippen molar-refractivity contribution in [2.45, 2.75) is 30.4 Å². The van der Waals surface area contributed by atoms with Crippen molar-refractivity contribution in [2.75, 3.05) is 0 Å². The van der Waals surface area contributed by atoms with Gasteiger partial charge in [-0.1, -0.05) is 22.9 Å². The van der Waals surface area contributed by atoms with Gasteiger partial charge < -0.3 is 0 Å². The summed E-state index contributed by atoms with van der Waals surface area (Å²) in [4.78, 5) is 12.1. The molecule has 0 radical (unpaired) electrons. The van der Waals surface area contributed by atoms with Crippen LogP contribution in [0.5, 0.6) is 0 Å². The molecule has 2 nitrogen and oxygen atoms in total. The SMILES string of the molecule is CCC(=O)C(C)S(=O)c1ccc(Br)cc1. The predicted octanol–water partition coefficient (Wildman–Crippen LogP) is 2.92. The molecule has 0 fully saturated rings. The maximum absolute atomic E-state index is 11.9. The summed E-state index contributed by atoms with van der Waals surface area (Å²) < 4.78 is 12.9. The van der Waals surface area contributed by atoms with Crippen molar-refractivity contribution in [1.29, 1.82) is 0 Å². The van der Waals surface area contributed by atoms with E-state index < -0.39 is 16.0 Å². The molecule has 0 N–H and O–H groups in total. The van der Waals surface area contributed by atoms with Gasteiger partial charge >= 0.3 is 0 Å². The molecule has 1 aromatic carbocycles. The number of ketones is 1. The quantitative estimate of drug-likeness (QED) is 0.854. The molecule has 1 aromatic rings. The van der Waals surface area contributed by atoms with E-state index >= 15 is 0 Å². The highest BCUT2D eigenvalue weighted by molar-refractivity contribution is 9.10. The fraction of sp³-hybridized carbons (Fsp3) is 0.364. The maximum Gasteiger partial charge on any atom is 0.148 e. The van der Waals surface area contributed by atoms with Crippen molar-refractivity contribution in [2.24, 2.45) is 0 Å². The highest BCUT2D eigenvalue weighted by Crippen LogP contribution is 2.16. The third kappa shape index (κ3) is 3.24. The van der Waals surface area contributed by atoms with Crippen molar-refractivity contribution in [3.8, 4) is 0 Å². The van der Waals surface area contributed by atoms with E-state index in [4.69, 9.17) is 0 Å². The number of rotatable bonds is 4. The van der Waals surface area contributed by atoms with Crippen LogP contribution in [0, 0.1) is 0 Å². The van der Waals surface area contributed by atoms with Crippen molar-refractivity contribution >= 4 is 32.5 Å². The fourth-order valence-corrected chi connectivity index (χ4v) is 2.66. The van der Waals surface area contributed by atoms with Gasteiger partial charge in [-0.05, 0) is 31.2 Å². The highest BCUT2D eigenvalue weighted by atomic mass is 79.9. The van der Waals surface area contributed by atoms with Crippen LogP contribution in [0.1, 0.15) is 20.3 Å². The summed E-state index contributed by atoms with van der Waals surface area (Å²) in [5.41, 5.74) is 0. The standard InChI is InChI=1S/C11H13BrO2S/c1-3-11(13)8(2)15(14)10-6-4-9(12)5-7-10/h4-8H,3H2,1-2H3. The Bertz CT molecular complexity index is 373. The molecular weight excluding hydrogens is 276 g/mol. The van der Waals surface area contributed by atoms with E-state index in [1.54, 1.807) is 26.0 Å². The minimum Gasteiger partial charge on any atom is -0.298 e. The summed E-state index contributed by atoms with van der Waals surface area (Å²) in [7, 11) is -1.24. The summed E-state index contributed by atoms with van der Waals surface area (Å²) in [6, 6.07) is 7.21. The molecule has 0 aromatic heterocycles. The first-order chi connectivity index (χ1) is 7.06.